The zero-order valence-electron chi connectivity index (χ0n) is 25.3. The molecule has 0 saturated heterocycles. The highest BCUT2D eigenvalue weighted by atomic mass is 79.9. The minimum Gasteiger partial charge on any atom is -0.497 e. The molecule has 47 heavy (non-hydrogen) atoms. The lowest BCUT2D eigenvalue weighted by molar-refractivity contribution is -0.138. The van der Waals surface area contributed by atoms with Gasteiger partial charge in [0.25, 0.3) is 11.5 Å². The van der Waals surface area contributed by atoms with Crippen LogP contribution in [0.1, 0.15) is 45.5 Å². The number of rotatable bonds is 6. The fourth-order valence-electron chi connectivity index (χ4n) is 5.62. The predicted octanol–water partition coefficient (Wildman–Crippen LogP) is 6.88. The number of benzene rings is 3. The second-order valence-corrected chi connectivity index (χ2v) is 12.4. The van der Waals surface area contributed by atoms with Crippen LogP contribution in [0.4, 0.5) is 13.2 Å². The van der Waals surface area contributed by atoms with Crippen LogP contribution in [0.15, 0.2) is 76.0 Å². The number of fused-ring (bicyclic) bond motifs is 1. The van der Waals surface area contributed by atoms with E-state index in [1.165, 1.54) is 21.6 Å². The minimum absolute atomic E-state index is 0.0787. The van der Waals surface area contributed by atoms with E-state index >= 15 is 0 Å². The first-order chi connectivity index (χ1) is 22.3. The monoisotopic (exact) mass is 726 g/mol. The molecule has 14 heteroatoms. The number of amides is 1. The van der Waals surface area contributed by atoms with Crippen LogP contribution in [0, 0.1) is 6.92 Å². The summed E-state index contributed by atoms with van der Waals surface area (Å²) in [5.74, 6) is 1.55. The maximum atomic E-state index is 13.8. The topological polar surface area (TPSA) is 95.1 Å². The maximum absolute atomic E-state index is 13.8. The average Bonchev–Trinajstić information content (AvgIpc) is 3.40. The van der Waals surface area contributed by atoms with Gasteiger partial charge in [-0.25, -0.2) is 4.98 Å². The summed E-state index contributed by atoms with van der Waals surface area (Å²) in [5.41, 5.74) is 1.54. The lowest BCUT2D eigenvalue weighted by atomic mass is 9.98. The van der Waals surface area contributed by atoms with Gasteiger partial charge in [0.05, 0.1) is 37.1 Å². The Balaban J connectivity index is 1.26. The maximum Gasteiger partial charge on any atom is 0.417 e. The second-order valence-electron chi connectivity index (χ2n) is 11.2. The predicted molar refractivity (Wildman–Crippen MR) is 173 cm³/mol. The smallest absolute Gasteiger partial charge is 0.417 e. The van der Waals surface area contributed by atoms with E-state index in [9.17, 15) is 22.8 Å². The first-order valence-electron chi connectivity index (χ1n) is 14.5. The molecule has 0 spiro atoms. The summed E-state index contributed by atoms with van der Waals surface area (Å²) in [6.07, 6.45) is -4.49. The number of methoxy groups -OCH3 is 1. The molecule has 1 aliphatic rings. The molecule has 5 aromatic rings. The summed E-state index contributed by atoms with van der Waals surface area (Å²) in [4.78, 5) is 33.0. The van der Waals surface area contributed by atoms with Crippen molar-refractivity contribution in [1.82, 2.24) is 29.2 Å². The van der Waals surface area contributed by atoms with Gasteiger partial charge in [0, 0.05) is 27.2 Å². The number of alkyl halides is 3. The molecule has 0 bridgehead atoms. The molecule has 6 rings (SSSR count). The Hall–Kier alpha value is -4.49. The van der Waals surface area contributed by atoms with Crippen LogP contribution < -0.4 is 10.3 Å². The van der Waals surface area contributed by atoms with E-state index in [4.69, 9.17) is 16.3 Å². The number of aromatic nitrogens is 5. The van der Waals surface area contributed by atoms with Crippen molar-refractivity contribution in [2.24, 2.45) is 0 Å². The number of nitrogens with zero attached hydrogens (tertiary/aromatic N) is 6. The normalized spacial score (nSPS) is 14.6. The van der Waals surface area contributed by atoms with Crippen LogP contribution in [0.5, 0.6) is 5.75 Å². The van der Waals surface area contributed by atoms with E-state index < -0.39 is 23.7 Å². The van der Waals surface area contributed by atoms with Gasteiger partial charge in [-0.05, 0) is 92.0 Å². The second kappa shape index (κ2) is 12.6. The quantitative estimate of drug-likeness (QED) is 0.177. The van der Waals surface area contributed by atoms with Crippen molar-refractivity contribution in [1.29, 1.82) is 0 Å². The molecule has 2 aromatic heterocycles. The lowest BCUT2D eigenvalue weighted by Gasteiger charge is -2.34. The molecule has 3 heterocycles. The number of ether oxygens (including phenoxy) is 1. The van der Waals surface area contributed by atoms with Crippen molar-refractivity contribution in [2.45, 2.75) is 45.6 Å². The van der Waals surface area contributed by atoms with Crippen molar-refractivity contribution in [3.63, 3.8) is 0 Å². The molecule has 0 N–H and O–H groups in total. The van der Waals surface area contributed by atoms with Gasteiger partial charge >= 0.3 is 6.18 Å². The van der Waals surface area contributed by atoms with Crippen LogP contribution in [0.25, 0.3) is 17.1 Å². The number of carbonyl (C=O) groups excluding carboxylic acids is 1. The molecular formula is C33H27BrClF3N6O3. The summed E-state index contributed by atoms with van der Waals surface area (Å²) in [6.45, 7) is 4.08. The fourth-order valence-corrected chi connectivity index (χ4v) is 6.37. The SMILES string of the molecule is COc1ccc(Cn2c(C)nnc2-c2ccc(-n3c(Cl)nc4c(c3=O)C[C@@H](C)N(C(=O)c3ccc(Br)c(C(F)(F)F)c3)C4)cc2)cc1. The molecule has 0 aliphatic carbocycles. The molecule has 0 unspecified atom stereocenters. The summed E-state index contributed by atoms with van der Waals surface area (Å²) in [7, 11) is 1.62. The summed E-state index contributed by atoms with van der Waals surface area (Å²) >= 11 is 9.46. The van der Waals surface area contributed by atoms with Gasteiger partial charge in [-0.3, -0.25) is 14.2 Å². The van der Waals surface area contributed by atoms with Gasteiger partial charge in [-0.15, -0.1) is 10.2 Å². The van der Waals surface area contributed by atoms with Crippen LogP contribution >= 0.6 is 27.5 Å². The number of carbonyl (C=O) groups is 1. The molecule has 9 nitrogen and oxygen atoms in total. The number of hydrogen-bond acceptors (Lipinski definition) is 6. The fraction of sp³-hybridized carbons (Fsp3) is 0.242. The van der Waals surface area contributed by atoms with Crippen molar-refractivity contribution >= 4 is 33.4 Å². The lowest BCUT2D eigenvalue weighted by Crippen LogP contribution is -2.45. The zero-order chi connectivity index (χ0) is 33.6. The van der Waals surface area contributed by atoms with Crippen LogP contribution in [0.3, 0.4) is 0 Å². The number of aryl methyl sites for hydroxylation is 1. The highest BCUT2D eigenvalue weighted by Crippen LogP contribution is 2.36. The molecule has 0 fully saturated rings. The molecule has 0 radical (unpaired) electrons. The van der Waals surface area contributed by atoms with E-state index in [-0.39, 0.29) is 33.8 Å². The van der Waals surface area contributed by atoms with E-state index in [2.05, 4.69) is 31.1 Å². The van der Waals surface area contributed by atoms with Gasteiger partial charge in [0.15, 0.2) is 5.82 Å². The first-order valence-corrected chi connectivity index (χ1v) is 15.6. The number of halogens is 5. The average molecular weight is 728 g/mol. The Morgan fingerprint density at radius 2 is 1.77 bits per heavy atom. The molecule has 242 valence electrons. The molecular weight excluding hydrogens is 701 g/mol. The largest absolute Gasteiger partial charge is 0.497 e. The Bertz CT molecular complexity index is 2050. The molecule has 0 saturated carbocycles. The van der Waals surface area contributed by atoms with E-state index in [0.29, 0.717) is 29.3 Å². The Morgan fingerprint density at radius 3 is 2.43 bits per heavy atom. The standard InChI is InChI=1S/C33H27BrClF3N6O3/c1-18-14-25-28(17-42(18)30(45)22-8-13-27(34)26(15-22)33(36,37)38)39-32(35)44(31(25)46)23-9-6-21(7-10-23)29-41-40-19(2)43(29)16-20-4-11-24(47-3)12-5-20/h4-13,15,18H,14,16-17H2,1-3H3/t18-/m1/s1. The van der Waals surface area contributed by atoms with E-state index in [1.807, 2.05) is 47.9 Å². The molecule has 1 aliphatic heterocycles. The Morgan fingerprint density at radius 1 is 1.06 bits per heavy atom. The van der Waals surface area contributed by atoms with Gasteiger partial charge < -0.3 is 14.2 Å². The summed E-state index contributed by atoms with van der Waals surface area (Å²) < 4.78 is 48.8. The van der Waals surface area contributed by atoms with Gasteiger partial charge in [-0.1, -0.05) is 28.1 Å². The van der Waals surface area contributed by atoms with Gasteiger partial charge in [0.1, 0.15) is 11.6 Å². The molecule has 1 atom stereocenters. The van der Waals surface area contributed by atoms with Crippen LogP contribution in [-0.2, 0) is 25.7 Å². The Labute approximate surface area is 280 Å². The van der Waals surface area contributed by atoms with Gasteiger partial charge in [0.2, 0.25) is 5.28 Å². The third kappa shape index (κ3) is 6.29. The first kappa shape index (κ1) is 32.5. The zero-order valence-corrected chi connectivity index (χ0v) is 27.7. The van der Waals surface area contributed by atoms with Crippen molar-refractivity contribution in [2.75, 3.05) is 7.11 Å². The minimum atomic E-state index is -4.64. The molecule has 1 amide bonds. The van der Waals surface area contributed by atoms with Crippen molar-refractivity contribution in [3.8, 4) is 22.8 Å². The molecule has 3 aromatic carbocycles. The highest BCUT2D eigenvalue weighted by Gasteiger charge is 2.36. The van der Waals surface area contributed by atoms with Gasteiger partial charge in [-0.2, -0.15) is 13.2 Å². The van der Waals surface area contributed by atoms with Crippen LogP contribution in [0.2, 0.25) is 5.28 Å². The van der Waals surface area contributed by atoms with Crippen molar-refractivity contribution in [3.05, 3.63) is 121 Å². The Kier molecular flexibility index (Phi) is 8.70. The van der Waals surface area contributed by atoms with Crippen LogP contribution in [-0.4, -0.2) is 48.3 Å². The summed E-state index contributed by atoms with van der Waals surface area (Å²) in [5, 5.41) is 8.53. The third-order valence-corrected chi connectivity index (χ3v) is 9.12. The summed E-state index contributed by atoms with van der Waals surface area (Å²) in [6, 6.07) is 17.7. The third-order valence-electron chi connectivity index (χ3n) is 8.17. The number of hydrogen-bond donors (Lipinski definition) is 0. The van der Waals surface area contributed by atoms with Crippen molar-refractivity contribution < 1.29 is 22.7 Å². The van der Waals surface area contributed by atoms with E-state index in [0.717, 1.165) is 28.8 Å². The highest BCUT2D eigenvalue weighted by molar-refractivity contribution is 9.10. The van der Waals surface area contributed by atoms with E-state index in [1.54, 1.807) is 26.2 Å².